The van der Waals surface area contributed by atoms with Gasteiger partial charge in [0, 0.05) is 11.1 Å². The number of carbonyl (C=O) groups excluding carboxylic acids is 1. The molecule has 0 radical (unpaired) electrons. The number of hydrogen-bond acceptors (Lipinski definition) is 4. The summed E-state index contributed by atoms with van der Waals surface area (Å²) in [5, 5.41) is 0.936. The SMILES string of the molecule is Cn1c(-c2ccc(Cl)c(Cl)c2)c[n+](CC(=O)c2ccc3c(c2)OCO3)c1N. The smallest absolute Gasteiger partial charge is 0.355 e. The fourth-order valence-corrected chi connectivity index (χ4v) is 3.28. The number of imidazole rings is 1. The molecule has 0 fully saturated rings. The zero-order chi connectivity index (χ0) is 19.1. The number of nitrogen functional groups attached to an aromatic ring is 1. The van der Waals surface area contributed by atoms with Crippen LogP contribution in [0.15, 0.2) is 42.6 Å². The van der Waals surface area contributed by atoms with Gasteiger partial charge in [-0.2, -0.15) is 0 Å². The lowest BCUT2D eigenvalue weighted by Gasteiger charge is -2.02. The minimum atomic E-state index is -0.0868. The molecule has 27 heavy (non-hydrogen) atoms. The van der Waals surface area contributed by atoms with E-state index in [4.69, 9.17) is 38.4 Å². The van der Waals surface area contributed by atoms with Gasteiger partial charge in [0.1, 0.15) is 18.4 Å². The van der Waals surface area contributed by atoms with Crippen molar-refractivity contribution in [2.75, 3.05) is 12.5 Å². The third kappa shape index (κ3) is 3.22. The molecule has 0 aliphatic carbocycles. The molecular weight excluding hydrogens is 389 g/mol. The summed E-state index contributed by atoms with van der Waals surface area (Å²) in [6.07, 6.45) is 1.82. The van der Waals surface area contributed by atoms with Crippen LogP contribution in [-0.4, -0.2) is 17.1 Å². The number of aromatic nitrogens is 2. The number of fused-ring (bicyclic) bond motifs is 1. The molecule has 138 valence electrons. The molecule has 0 atom stereocenters. The number of Topliss-reactive ketones (excluding diaryl/α,β-unsaturated/α-hetero) is 1. The highest BCUT2D eigenvalue weighted by atomic mass is 35.5. The highest BCUT2D eigenvalue weighted by Gasteiger charge is 2.22. The summed E-state index contributed by atoms with van der Waals surface area (Å²) in [5.74, 6) is 1.57. The van der Waals surface area contributed by atoms with E-state index in [0.717, 1.165) is 11.3 Å². The molecule has 0 amide bonds. The molecule has 0 bridgehead atoms. The number of benzene rings is 2. The lowest BCUT2D eigenvalue weighted by molar-refractivity contribution is -0.667. The maximum Gasteiger partial charge on any atom is 0.355 e. The minimum Gasteiger partial charge on any atom is -0.454 e. The topological polar surface area (TPSA) is 70.4 Å². The lowest BCUT2D eigenvalue weighted by Crippen LogP contribution is -2.39. The van der Waals surface area contributed by atoms with E-state index in [1.54, 1.807) is 39.5 Å². The van der Waals surface area contributed by atoms with E-state index in [2.05, 4.69) is 0 Å². The van der Waals surface area contributed by atoms with E-state index in [9.17, 15) is 4.79 Å². The average molecular weight is 405 g/mol. The van der Waals surface area contributed by atoms with Gasteiger partial charge in [0.05, 0.1) is 17.1 Å². The standard InChI is InChI=1S/C19H15Cl2N3O3/c1-23-15(11-2-4-13(20)14(21)6-11)8-24(19(23)22)9-16(25)12-3-5-17-18(7-12)27-10-26-17/h2-8,22H,9-10H2,1H3/p+1. The van der Waals surface area contributed by atoms with E-state index < -0.39 is 0 Å². The van der Waals surface area contributed by atoms with E-state index in [1.165, 1.54) is 0 Å². The number of ether oxygens (including phenoxy) is 2. The van der Waals surface area contributed by atoms with Crippen LogP contribution in [0.1, 0.15) is 10.4 Å². The Morgan fingerprint density at radius 3 is 2.70 bits per heavy atom. The molecule has 0 saturated carbocycles. The number of nitrogens with two attached hydrogens (primary N) is 1. The molecule has 2 aromatic carbocycles. The highest BCUT2D eigenvalue weighted by molar-refractivity contribution is 6.42. The van der Waals surface area contributed by atoms with Crippen LogP contribution in [0.2, 0.25) is 10.0 Å². The summed E-state index contributed by atoms with van der Waals surface area (Å²) in [5.41, 5.74) is 8.41. The Morgan fingerprint density at radius 1 is 1.15 bits per heavy atom. The normalized spacial score (nSPS) is 12.4. The van der Waals surface area contributed by atoms with Crippen molar-refractivity contribution in [1.82, 2.24) is 4.57 Å². The fourth-order valence-electron chi connectivity index (χ4n) is 2.98. The lowest BCUT2D eigenvalue weighted by atomic mass is 10.1. The number of nitrogens with zero attached hydrogens (tertiary/aromatic N) is 2. The zero-order valence-electron chi connectivity index (χ0n) is 14.4. The van der Waals surface area contributed by atoms with Gasteiger partial charge < -0.3 is 9.47 Å². The number of carbonyl (C=O) groups is 1. The van der Waals surface area contributed by atoms with Crippen molar-refractivity contribution in [3.05, 3.63) is 58.2 Å². The predicted molar refractivity (Wildman–Crippen MR) is 102 cm³/mol. The third-order valence-electron chi connectivity index (χ3n) is 4.50. The molecule has 8 heteroatoms. The summed E-state index contributed by atoms with van der Waals surface area (Å²) >= 11 is 12.1. The first kappa shape index (κ1) is 17.7. The van der Waals surface area contributed by atoms with Crippen LogP contribution >= 0.6 is 23.2 Å². The van der Waals surface area contributed by atoms with E-state index in [1.807, 2.05) is 19.3 Å². The van der Waals surface area contributed by atoms with Crippen LogP contribution in [0.5, 0.6) is 11.5 Å². The van der Waals surface area contributed by atoms with Crippen molar-refractivity contribution in [2.45, 2.75) is 6.54 Å². The molecule has 4 rings (SSSR count). The Hall–Kier alpha value is -2.70. The molecule has 3 aromatic rings. The third-order valence-corrected chi connectivity index (χ3v) is 5.24. The number of rotatable bonds is 4. The summed E-state index contributed by atoms with van der Waals surface area (Å²) in [6.45, 7) is 0.265. The first-order valence-electron chi connectivity index (χ1n) is 8.17. The molecule has 1 aliphatic rings. The summed E-state index contributed by atoms with van der Waals surface area (Å²) in [4.78, 5) is 12.7. The van der Waals surface area contributed by atoms with Gasteiger partial charge in [-0.3, -0.25) is 10.5 Å². The fraction of sp³-hybridized carbons (Fsp3) is 0.158. The van der Waals surface area contributed by atoms with Crippen LogP contribution in [0.3, 0.4) is 0 Å². The van der Waals surface area contributed by atoms with Crippen molar-refractivity contribution in [3.8, 4) is 22.8 Å². The maximum absolute atomic E-state index is 12.7. The first-order chi connectivity index (χ1) is 12.9. The molecular formula is C19H16Cl2N3O3+. The van der Waals surface area contributed by atoms with Gasteiger partial charge in [0.2, 0.25) is 6.79 Å². The second kappa shape index (κ2) is 6.79. The first-order valence-corrected chi connectivity index (χ1v) is 8.92. The van der Waals surface area contributed by atoms with Gasteiger partial charge in [-0.15, -0.1) is 0 Å². The molecule has 0 spiro atoms. The Bertz CT molecular complexity index is 1060. The van der Waals surface area contributed by atoms with Gasteiger partial charge >= 0.3 is 5.95 Å². The predicted octanol–water partition coefficient (Wildman–Crippen LogP) is 3.48. The van der Waals surface area contributed by atoms with Crippen LogP contribution in [0, 0.1) is 0 Å². The van der Waals surface area contributed by atoms with Crippen molar-refractivity contribution in [3.63, 3.8) is 0 Å². The van der Waals surface area contributed by atoms with Crippen LogP contribution in [-0.2, 0) is 13.6 Å². The second-order valence-corrected chi connectivity index (χ2v) is 6.99. The highest BCUT2D eigenvalue weighted by Crippen LogP contribution is 2.33. The largest absolute Gasteiger partial charge is 0.454 e. The Labute approximate surface area is 165 Å². The molecule has 0 saturated heterocycles. The number of halogens is 2. The monoisotopic (exact) mass is 404 g/mol. The average Bonchev–Trinajstić information content (AvgIpc) is 3.23. The summed E-state index contributed by atoms with van der Waals surface area (Å²) in [7, 11) is 1.83. The molecule has 1 aliphatic heterocycles. The molecule has 2 N–H and O–H groups in total. The van der Waals surface area contributed by atoms with E-state index in [-0.39, 0.29) is 19.1 Å². The van der Waals surface area contributed by atoms with E-state index >= 15 is 0 Å². The van der Waals surface area contributed by atoms with Gasteiger partial charge in [0.25, 0.3) is 0 Å². The number of anilines is 1. The second-order valence-electron chi connectivity index (χ2n) is 6.18. The molecule has 2 heterocycles. The number of ketones is 1. The molecule has 1 aromatic heterocycles. The van der Waals surface area contributed by atoms with Crippen molar-refractivity contribution in [2.24, 2.45) is 7.05 Å². The Morgan fingerprint density at radius 2 is 1.93 bits per heavy atom. The van der Waals surface area contributed by atoms with Crippen molar-refractivity contribution >= 4 is 34.9 Å². The maximum atomic E-state index is 12.7. The van der Waals surface area contributed by atoms with Crippen LogP contribution in [0.25, 0.3) is 11.3 Å². The van der Waals surface area contributed by atoms with Gasteiger partial charge in [-0.05, 0) is 36.4 Å². The van der Waals surface area contributed by atoms with Gasteiger partial charge in [-0.1, -0.05) is 23.2 Å². The molecule has 0 unspecified atom stereocenters. The zero-order valence-corrected chi connectivity index (χ0v) is 15.9. The van der Waals surface area contributed by atoms with Crippen molar-refractivity contribution < 1.29 is 18.8 Å². The summed E-state index contributed by atoms with van der Waals surface area (Å²) < 4.78 is 14.1. The van der Waals surface area contributed by atoms with Gasteiger partial charge in [0.15, 0.2) is 17.3 Å². The Balaban J connectivity index is 1.63. The minimum absolute atomic E-state index is 0.0868. The Kier molecular flexibility index (Phi) is 4.45. The van der Waals surface area contributed by atoms with Gasteiger partial charge in [-0.25, -0.2) is 9.13 Å². The molecule has 6 nitrogen and oxygen atoms in total. The van der Waals surface area contributed by atoms with E-state index in [0.29, 0.717) is 33.1 Å². The van der Waals surface area contributed by atoms with Crippen LogP contribution < -0.4 is 19.8 Å². The van der Waals surface area contributed by atoms with Crippen LogP contribution in [0.4, 0.5) is 5.95 Å². The van der Waals surface area contributed by atoms with Crippen molar-refractivity contribution in [1.29, 1.82) is 0 Å². The quantitative estimate of drug-likeness (QED) is 0.533. The number of hydrogen-bond donors (Lipinski definition) is 1. The summed E-state index contributed by atoms with van der Waals surface area (Å²) in [6, 6.07) is 10.5.